The normalized spacial score (nSPS) is 14.7. The Balaban J connectivity index is 2.66. The first-order valence-electron chi connectivity index (χ1n) is 4.45. The molecule has 0 aliphatic rings. The standard InChI is InChI=1S/C10H13ClFNO2/c1-10(14,5-13)6-15-9-3-2-7(12)4-8(9)11/h2-4,14H,5-6,13H2,1H3. The zero-order valence-electron chi connectivity index (χ0n) is 8.34. The SMILES string of the molecule is CC(O)(CN)COc1ccc(F)cc1Cl. The Hall–Kier alpha value is -0.840. The predicted molar refractivity (Wildman–Crippen MR) is 56.6 cm³/mol. The summed E-state index contributed by atoms with van der Waals surface area (Å²) in [6, 6.07) is 3.79. The van der Waals surface area contributed by atoms with E-state index < -0.39 is 11.4 Å². The minimum absolute atomic E-state index is 0.00878. The van der Waals surface area contributed by atoms with E-state index in [1.165, 1.54) is 12.1 Å². The summed E-state index contributed by atoms with van der Waals surface area (Å²) in [6.07, 6.45) is 0. The summed E-state index contributed by atoms with van der Waals surface area (Å²) in [4.78, 5) is 0. The molecule has 3 N–H and O–H groups in total. The molecule has 5 heteroatoms. The minimum Gasteiger partial charge on any atom is -0.489 e. The van der Waals surface area contributed by atoms with Gasteiger partial charge in [-0.05, 0) is 25.1 Å². The summed E-state index contributed by atoms with van der Waals surface area (Å²) in [5.74, 6) is -0.107. The number of rotatable bonds is 4. The molecule has 0 spiro atoms. The third kappa shape index (κ3) is 3.66. The van der Waals surface area contributed by atoms with Crippen LogP contribution in [0, 0.1) is 5.82 Å². The molecule has 0 saturated carbocycles. The Morgan fingerprint density at radius 1 is 1.60 bits per heavy atom. The van der Waals surface area contributed by atoms with Crippen molar-refractivity contribution in [2.75, 3.05) is 13.2 Å². The van der Waals surface area contributed by atoms with Gasteiger partial charge in [0.25, 0.3) is 0 Å². The summed E-state index contributed by atoms with van der Waals surface area (Å²) in [6.45, 7) is 1.63. The van der Waals surface area contributed by atoms with Gasteiger partial charge < -0.3 is 15.6 Å². The van der Waals surface area contributed by atoms with Crippen molar-refractivity contribution in [1.29, 1.82) is 0 Å². The van der Waals surface area contributed by atoms with E-state index in [4.69, 9.17) is 22.1 Å². The van der Waals surface area contributed by atoms with Gasteiger partial charge in [-0.25, -0.2) is 4.39 Å². The maximum absolute atomic E-state index is 12.7. The molecule has 0 aliphatic carbocycles. The average Bonchev–Trinajstić information content (AvgIpc) is 2.16. The van der Waals surface area contributed by atoms with E-state index >= 15 is 0 Å². The van der Waals surface area contributed by atoms with Crippen LogP contribution in [0.1, 0.15) is 6.92 Å². The van der Waals surface area contributed by atoms with Gasteiger partial charge in [0.2, 0.25) is 0 Å². The summed E-state index contributed by atoms with van der Waals surface area (Å²) < 4.78 is 17.9. The molecule has 0 fully saturated rings. The molecule has 0 aliphatic heterocycles. The Kier molecular flexibility index (Phi) is 3.90. The quantitative estimate of drug-likeness (QED) is 0.830. The van der Waals surface area contributed by atoms with Crippen LogP contribution >= 0.6 is 11.6 Å². The van der Waals surface area contributed by atoms with Crippen LogP contribution in [0.15, 0.2) is 18.2 Å². The molecule has 0 heterocycles. The van der Waals surface area contributed by atoms with Crippen LogP contribution in [0.5, 0.6) is 5.75 Å². The molecule has 15 heavy (non-hydrogen) atoms. The van der Waals surface area contributed by atoms with Crippen molar-refractivity contribution in [1.82, 2.24) is 0 Å². The summed E-state index contributed by atoms with van der Waals surface area (Å²) in [7, 11) is 0. The molecule has 0 amide bonds. The van der Waals surface area contributed by atoms with Crippen molar-refractivity contribution in [2.24, 2.45) is 5.73 Å². The summed E-state index contributed by atoms with van der Waals surface area (Å²) in [5, 5.41) is 9.73. The molecule has 1 atom stereocenters. The van der Waals surface area contributed by atoms with Gasteiger partial charge in [-0.2, -0.15) is 0 Å². The maximum Gasteiger partial charge on any atom is 0.138 e. The largest absolute Gasteiger partial charge is 0.489 e. The lowest BCUT2D eigenvalue weighted by Crippen LogP contribution is -2.40. The van der Waals surface area contributed by atoms with E-state index in [2.05, 4.69) is 0 Å². The van der Waals surface area contributed by atoms with E-state index in [1.54, 1.807) is 6.92 Å². The van der Waals surface area contributed by atoms with Crippen LogP contribution in [0.25, 0.3) is 0 Å². The smallest absolute Gasteiger partial charge is 0.138 e. The number of halogens is 2. The monoisotopic (exact) mass is 233 g/mol. The molecule has 3 nitrogen and oxygen atoms in total. The van der Waals surface area contributed by atoms with Crippen molar-refractivity contribution < 1.29 is 14.2 Å². The summed E-state index contributed by atoms with van der Waals surface area (Å²) in [5.41, 5.74) is 4.20. The van der Waals surface area contributed by atoms with Crippen LogP contribution in [0.4, 0.5) is 4.39 Å². The Morgan fingerprint density at radius 3 is 2.80 bits per heavy atom. The first-order chi connectivity index (χ1) is 6.94. The lowest BCUT2D eigenvalue weighted by Gasteiger charge is -2.21. The molecular weight excluding hydrogens is 221 g/mol. The Bertz CT molecular complexity index is 344. The molecule has 0 bridgehead atoms. The highest BCUT2D eigenvalue weighted by atomic mass is 35.5. The predicted octanol–water partition coefficient (Wildman–Crippen LogP) is 1.57. The second-order valence-corrected chi connectivity index (χ2v) is 3.97. The Morgan fingerprint density at radius 2 is 2.27 bits per heavy atom. The van der Waals surface area contributed by atoms with Crippen molar-refractivity contribution in [3.05, 3.63) is 29.0 Å². The van der Waals surface area contributed by atoms with Gasteiger partial charge in [0.05, 0.1) is 5.02 Å². The average molecular weight is 234 g/mol. The third-order valence-electron chi connectivity index (χ3n) is 1.87. The fourth-order valence-corrected chi connectivity index (χ4v) is 1.11. The number of hydrogen-bond acceptors (Lipinski definition) is 3. The van der Waals surface area contributed by atoms with E-state index in [1.807, 2.05) is 0 Å². The molecular formula is C10H13ClFNO2. The maximum atomic E-state index is 12.7. The van der Waals surface area contributed by atoms with Gasteiger partial charge in [0.15, 0.2) is 0 Å². The van der Waals surface area contributed by atoms with Crippen LogP contribution in [-0.2, 0) is 0 Å². The zero-order chi connectivity index (χ0) is 11.5. The molecule has 1 unspecified atom stereocenters. The highest BCUT2D eigenvalue weighted by Crippen LogP contribution is 2.25. The van der Waals surface area contributed by atoms with Gasteiger partial charge in [-0.1, -0.05) is 11.6 Å². The van der Waals surface area contributed by atoms with E-state index in [-0.39, 0.29) is 18.2 Å². The van der Waals surface area contributed by atoms with E-state index in [9.17, 15) is 9.50 Å². The highest BCUT2D eigenvalue weighted by Gasteiger charge is 2.19. The number of benzene rings is 1. The Labute approximate surface area is 92.6 Å². The third-order valence-corrected chi connectivity index (χ3v) is 2.17. The van der Waals surface area contributed by atoms with Gasteiger partial charge in [0, 0.05) is 6.54 Å². The van der Waals surface area contributed by atoms with Crippen molar-refractivity contribution in [3.63, 3.8) is 0 Å². The lowest BCUT2D eigenvalue weighted by atomic mass is 10.1. The van der Waals surface area contributed by atoms with Gasteiger partial charge in [-0.3, -0.25) is 0 Å². The van der Waals surface area contributed by atoms with Gasteiger partial charge >= 0.3 is 0 Å². The van der Waals surface area contributed by atoms with Gasteiger partial charge in [-0.15, -0.1) is 0 Å². The minimum atomic E-state index is -1.11. The molecule has 0 saturated heterocycles. The summed E-state index contributed by atoms with van der Waals surface area (Å²) >= 11 is 5.72. The zero-order valence-corrected chi connectivity index (χ0v) is 9.09. The van der Waals surface area contributed by atoms with Crippen molar-refractivity contribution >= 4 is 11.6 Å². The van der Waals surface area contributed by atoms with Crippen LogP contribution in [0.2, 0.25) is 5.02 Å². The number of hydrogen-bond donors (Lipinski definition) is 2. The van der Waals surface area contributed by atoms with Crippen molar-refractivity contribution in [2.45, 2.75) is 12.5 Å². The van der Waals surface area contributed by atoms with Crippen molar-refractivity contribution in [3.8, 4) is 5.75 Å². The van der Waals surface area contributed by atoms with E-state index in [0.717, 1.165) is 6.07 Å². The topological polar surface area (TPSA) is 55.5 Å². The lowest BCUT2D eigenvalue weighted by molar-refractivity contribution is 0.0196. The number of ether oxygens (including phenoxy) is 1. The first kappa shape index (κ1) is 12.2. The highest BCUT2D eigenvalue weighted by molar-refractivity contribution is 6.32. The number of nitrogens with two attached hydrogens (primary N) is 1. The molecule has 0 radical (unpaired) electrons. The second-order valence-electron chi connectivity index (χ2n) is 3.56. The van der Waals surface area contributed by atoms with Crippen LogP contribution < -0.4 is 10.5 Å². The van der Waals surface area contributed by atoms with E-state index in [0.29, 0.717) is 5.75 Å². The first-order valence-corrected chi connectivity index (χ1v) is 4.83. The van der Waals surface area contributed by atoms with Crippen LogP contribution in [-0.4, -0.2) is 23.9 Å². The number of aliphatic hydroxyl groups is 1. The molecule has 1 rings (SSSR count). The molecule has 84 valence electrons. The van der Waals surface area contributed by atoms with Crippen LogP contribution in [0.3, 0.4) is 0 Å². The molecule has 0 aromatic heterocycles. The second kappa shape index (κ2) is 4.79. The fraction of sp³-hybridized carbons (Fsp3) is 0.400. The molecule has 1 aromatic carbocycles. The fourth-order valence-electron chi connectivity index (χ4n) is 0.884. The van der Waals surface area contributed by atoms with Gasteiger partial charge in [0.1, 0.15) is 23.8 Å². The molecule has 1 aromatic rings.